The van der Waals surface area contributed by atoms with Crippen molar-refractivity contribution in [1.29, 1.82) is 0 Å². The second-order valence-corrected chi connectivity index (χ2v) is 5.68. The Hall–Kier alpha value is -3.35. The topological polar surface area (TPSA) is 58.1 Å². The van der Waals surface area contributed by atoms with E-state index >= 15 is 0 Å². The monoisotopic (exact) mass is 354 g/mol. The van der Waals surface area contributed by atoms with Gasteiger partial charge in [-0.15, -0.1) is 0 Å². The molecule has 0 bridgehead atoms. The van der Waals surface area contributed by atoms with Crippen LogP contribution >= 0.6 is 0 Å². The Morgan fingerprint density at radius 1 is 1.04 bits per heavy atom. The molecule has 7 heteroatoms. The predicted octanol–water partition coefficient (Wildman–Crippen LogP) is 3.64. The number of carbonyl (C=O) groups is 1. The van der Waals surface area contributed by atoms with Crippen LogP contribution in [0.4, 0.5) is 20.3 Å². The number of amides is 1. The van der Waals surface area contributed by atoms with Gasteiger partial charge in [0, 0.05) is 25.3 Å². The van der Waals surface area contributed by atoms with E-state index in [0.29, 0.717) is 12.4 Å². The summed E-state index contributed by atoms with van der Waals surface area (Å²) in [7, 11) is 1.87. The van der Waals surface area contributed by atoms with Gasteiger partial charge in [-0.2, -0.15) is 0 Å². The zero-order chi connectivity index (χ0) is 18.5. The quantitative estimate of drug-likeness (QED) is 0.760. The van der Waals surface area contributed by atoms with E-state index in [9.17, 15) is 13.6 Å². The van der Waals surface area contributed by atoms with E-state index in [2.05, 4.69) is 15.3 Å². The molecule has 26 heavy (non-hydrogen) atoms. The van der Waals surface area contributed by atoms with Crippen LogP contribution in [-0.2, 0) is 6.54 Å². The first-order valence-corrected chi connectivity index (χ1v) is 7.86. The maximum absolute atomic E-state index is 13.2. The first-order chi connectivity index (χ1) is 12.5. The van der Waals surface area contributed by atoms with Gasteiger partial charge >= 0.3 is 0 Å². The summed E-state index contributed by atoms with van der Waals surface area (Å²) in [6.07, 6.45) is 2.83. The molecule has 0 saturated heterocycles. The lowest BCUT2D eigenvalue weighted by molar-refractivity contribution is 0.102. The fourth-order valence-electron chi connectivity index (χ4n) is 2.34. The van der Waals surface area contributed by atoms with Crippen LogP contribution in [0.15, 0.2) is 60.9 Å². The average molecular weight is 354 g/mol. The molecular weight excluding hydrogens is 338 g/mol. The molecule has 5 nitrogen and oxygen atoms in total. The normalized spacial score (nSPS) is 10.4. The minimum atomic E-state index is -1.04. The van der Waals surface area contributed by atoms with Gasteiger partial charge in [-0.25, -0.2) is 18.7 Å². The van der Waals surface area contributed by atoms with E-state index in [1.54, 1.807) is 0 Å². The predicted molar refractivity (Wildman–Crippen MR) is 94.9 cm³/mol. The van der Waals surface area contributed by atoms with E-state index < -0.39 is 17.5 Å². The molecule has 0 saturated carbocycles. The van der Waals surface area contributed by atoms with Crippen LogP contribution in [0.25, 0.3) is 0 Å². The molecule has 1 amide bonds. The molecule has 0 aliphatic rings. The Balaban J connectivity index is 1.66. The molecular formula is C19H16F2N4O. The van der Waals surface area contributed by atoms with Crippen LogP contribution in [0.3, 0.4) is 0 Å². The summed E-state index contributed by atoms with van der Waals surface area (Å²) < 4.78 is 26.1. The van der Waals surface area contributed by atoms with Crippen molar-refractivity contribution in [2.45, 2.75) is 6.54 Å². The van der Waals surface area contributed by atoms with Crippen molar-refractivity contribution in [3.8, 4) is 0 Å². The molecule has 0 fully saturated rings. The standard InChI is InChI=1S/C19H16F2N4O/c1-25(12-13-5-3-2-4-6-13)18-11-22-17(10-23-18)19(26)24-14-7-8-15(20)16(21)9-14/h2-11H,12H2,1H3,(H,24,26). The number of hydrogen-bond donors (Lipinski definition) is 1. The number of benzene rings is 2. The minimum absolute atomic E-state index is 0.0756. The summed E-state index contributed by atoms with van der Waals surface area (Å²) >= 11 is 0. The lowest BCUT2D eigenvalue weighted by atomic mass is 10.2. The van der Waals surface area contributed by atoms with E-state index in [-0.39, 0.29) is 11.4 Å². The van der Waals surface area contributed by atoms with Crippen molar-refractivity contribution < 1.29 is 13.6 Å². The van der Waals surface area contributed by atoms with Crippen LogP contribution < -0.4 is 10.2 Å². The summed E-state index contributed by atoms with van der Waals surface area (Å²) in [4.78, 5) is 22.4. The summed E-state index contributed by atoms with van der Waals surface area (Å²) in [6, 6.07) is 13.0. The fraction of sp³-hybridized carbons (Fsp3) is 0.105. The highest BCUT2D eigenvalue weighted by atomic mass is 19.2. The van der Waals surface area contributed by atoms with Gasteiger partial charge in [0.15, 0.2) is 11.6 Å². The summed E-state index contributed by atoms with van der Waals surface area (Å²) in [6.45, 7) is 0.649. The van der Waals surface area contributed by atoms with Gasteiger partial charge < -0.3 is 10.2 Å². The van der Waals surface area contributed by atoms with Crippen molar-refractivity contribution in [1.82, 2.24) is 9.97 Å². The summed E-state index contributed by atoms with van der Waals surface area (Å²) in [5.74, 6) is -1.96. The Bertz CT molecular complexity index is 901. The number of nitrogens with zero attached hydrogens (tertiary/aromatic N) is 3. The van der Waals surface area contributed by atoms with E-state index in [1.165, 1.54) is 18.5 Å². The number of aromatic nitrogens is 2. The smallest absolute Gasteiger partial charge is 0.275 e. The van der Waals surface area contributed by atoms with Crippen LogP contribution in [0.1, 0.15) is 16.1 Å². The fourth-order valence-corrected chi connectivity index (χ4v) is 2.34. The maximum atomic E-state index is 13.2. The van der Waals surface area contributed by atoms with Gasteiger partial charge in [0.05, 0.1) is 12.4 Å². The molecule has 1 aromatic heterocycles. The molecule has 1 heterocycles. The van der Waals surface area contributed by atoms with Gasteiger partial charge in [-0.1, -0.05) is 30.3 Å². The van der Waals surface area contributed by atoms with Crippen molar-refractivity contribution in [2.24, 2.45) is 0 Å². The highest BCUT2D eigenvalue weighted by Crippen LogP contribution is 2.15. The first kappa shape index (κ1) is 17.5. The van der Waals surface area contributed by atoms with Gasteiger partial charge in [0.2, 0.25) is 0 Å². The van der Waals surface area contributed by atoms with E-state index in [4.69, 9.17) is 0 Å². The number of rotatable bonds is 5. The molecule has 132 valence electrons. The Labute approximate surface area is 149 Å². The Morgan fingerprint density at radius 3 is 2.46 bits per heavy atom. The SMILES string of the molecule is CN(Cc1ccccc1)c1cnc(C(=O)Nc2ccc(F)c(F)c2)cn1. The zero-order valence-electron chi connectivity index (χ0n) is 14.0. The number of halogens is 2. The van der Waals surface area contributed by atoms with Crippen LogP contribution in [0.5, 0.6) is 0 Å². The Morgan fingerprint density at radius 2 is 1.81 bits per heavy atom. The molecule has 0 aliphatic carbocycles. The highest BCUT2D eigenvalue weighted by Gasteiger charge is 2.11. The minimum Gasteiger partial charge on any atom is -0.354 e. The summed E-state index contributed by atoms with van der Waals surface area (Å²) in [5, 5.41) is 2.45. The number of nitrogens with one attached hydrogen (secondary N) is 1. The van der Waals surface area contributed by atoms with Crippen molar-refractivity contribution in [2.75, 3.05) is 17.3 Å². The molecule has 0 radical (unpaired) electrons. The number of carbonyl (C=O) groups excluding carboxylic acids is 1. The van der Waals surface area contributed by atoms with Gasteiger partial charge in [-0.05, 0) is 17.7 Å². The van der Waals surface area contributed by atoms with Gasteiger partial charge in [-0.3, -0.25) is 4.79 Å². The second kappa shape index (κ2) is 7.69. The average Bonchev–Trinajstić information content (AvgIpc) is 2.65. The largest absolute Gasteiger partial charge is 0.354 e. The molecule has 0 aliphatic heterocycles. The molecule has 1 N–H and O–H groups in total. The molecule has 0 atom stereocenters. The number of anilines is 2. The third kappa shape index (κ3) is 4.18. The third-order valence-electron chi connectivity index (χ3n) is 3.70. The molecule has 2 aromatic carbocycles. The summed E-state index contributed by atoms with van der Waals surface area (Å²) in [5.41, 5.74) is 1.34. The van der Waals surface area contributed by atoms with Gasteiger partial charge in [0.1, 0.15) is 11.5 Å². The first-order valence-electron chi connectivity index (χ1n) is 7.86. The lowest BCUT2D eigenvalue weighted by Gasteiger charge is -2.17. The van der Waals surface area contributed by atoms with Crippen molar-refractivity contribution in [3.63, 3.8) is 0 Å². The van der Waals surface area contributed by atoms with Crippen molar-refractivity contribution >= 4 is 17.4 Å². The molecule has 0 spiro atoms. The second-order valence-electron chi connectivity index (χ2n) is 5.68. The molecule has 3 rings (SSSR count). The van der Waals surface area contributed by atoms with E-state index in [1.807, 2.05) is 42.3 Å². The maximum Gasteiger partial charge on any atom is 0.275 e. The van der Waals surface area contributed by atoms with Crippen LogP contribution in [-0.4, -0.2) is 22.9 Å². The molecule has 0 unspecified atom stereocenters. The number of hydrogen-bond acceptors (Lipinski definition) is 4. The van der Waals surface area contributed by atoms with Gasteiger partial charge in [0.25, 0.3) is 5.91 Å². The van der Waals surface area contributed by atoms with Crippen LogP contribution in [0, 0.1) is 11.6 Å². The third-order valence-corrected chi connectivity index (χ3v) is 3.70. The molecule has 3 aromatic rings. The van der Waals surface area contributed by atoms with Crippen LogP contribution in [0.2, 0.25) is 0 Å². The zero-order valence-corrected chi connectivity index (χ0v) is 14.0. The van der Waals surface area contributed by atoms with Crippen molar-refractivity contribution in [3.05, 3.63) is 83.8 Å². The Kier molecular flexibility index (Phi) is 5.17. The lowest BCUT2D eigenvalue weighted by Crippen LogP contribution is -2.19. The highest BCUT2D eigenvalue weighted by molar-refractivity contribution is 6.02. The van der Waals surface area contributed by atoms with E-state index in [0.717, 1.165) is 17.7 Å².